The van der Waals surface area contributed by atoms with Crippen LogP contribution in [0.25, 0.3) is 0 Å². The monoisotopic (exact) mass is 265 g/mol. The fraction of sp³-hybridized carbons (Fsp3) is 0.750. The van der Waals surface area contributed by atoms with Crippen LogP contribution in [0.1, 0.15) is 47.5 Å². The molecule has 3 heteroatoms. The molecule has 110 valence electrons. The van der Waals surface area contributed by atoms with E-state index in [0.717, 1.165) is 0 Å². The fourth-order valence-electron chi connectivity index (χ4n) is 2.48. The van der Waals surface area contributed by atoms with Gasteiger partial charge in [-0.1, -0.05) is 32.9 Å². The first-order valence-electron chi connectivity index (χ1n) is 7.27. The summed E-state index contributed by atoms with van der Waals surface area (Å²) >= 11 is 0. The molecule has 19 heavy (non-hydrogen) atoms. The van der Waals surface area contributed by atoms with E-state index in [-0.39, 0.29) is 11.0 Å². The third-order valence-corrected chi connectivity index (χ3v) is 3.84. The summed E-state index contributed by atoms with van der Waals surface area (Å²) in [7, 11) is 4.01. The molecule has 1 aliphatic rings. The van der Waals surface area contributed by atoms with Gasteiger partial charge in [0.25, 0.3) is 0 Å². The van der Waals surface area contributed by atoms with Crippen LogP contribution in [0.4, 0.5) is 0 Å². The van der Waals surface area contributed by atoms with E-state index in [4.69, 9.17) is 0 Å². The van der Waals surface area contributed by atoms with Crippen molar-refractivity contribution in [1.82, 2.24) is 16.0 Å². The smallest absolute Gasteiger partial charge is 0.0541 e. The zero-order valence-corrected chi connectivity index (χ0v) is 13.6. The maximum absolute atomic E-state index is 3.74. The van der Waals surface area contributed by atoms with Crippen LogP contribution in [0.5, 0.6) is 0 Å². The Hall–Kier alpha value is -0.960. The lowest BCUT2D eigenvalue weighted by atomic mass is 9.85. The number of hydrogen-bond acceptors (Lipinski definition) is 3. The first-order valence-corrected chi connectivity index (χ1v) is 7.27. The summed E-state index contributed by atoms with van der Waals surface area (Å²) in [4.78, 5) is 0. The Balaban J connectivity index is 3.15. The largest absolute Gasteiger partial charge is 0.389 e. The van der Waals surface area contributed by atoms with Gasteiger partial charge >= 0.3 is 0 Å². The molecule has 1 rings (SSSR count). The standard InChI is InChI=1S/C16H31N3/c1-15(2,3)13(19-12-10-8-9-11-12)14(17-6)16(4,5)18-7/h8,10,12,17-19H,9,11H2,1-7H3/b14-13-. The average Bonchev–Trinajstić information content (AvgIpc) is 2.80. The molecule has 0 aromatic heterocycles. The van der Waals surface area contributed by atoms with Gasteiger partial charge < -0.3 is 16.0 Å². The zero-order valence-electron chi connectivity index (χ0n) is 13.6. The highest BCUT2D eigenvalue weighted by atomic mass is 15.1. The average molecular weight is 265 g/mol. The van der Waals surface area contributed by atoms with Gasteiger partial charge in [0.15, 0.2) is 0 Å². The number of hydrogen-bond donors (Lipinski definition) is 3. The van der Waals surface area contributed by atoms with E-state index in [9.17, 15) is 0 Å². The van der Waals surface area contributed by atoms with Gasteiger partial charge in [-0.05, 0) is 33.7 Å². The van der Waals surface area contributed by atoms with Crippen molar-refractivity contribution in [2.75, 3.05) is 14.1 Å². The maximum Gasteiger partial charge on any atom is 0.0541 e. The van der Waals surface area contributed by atoms with E-state index < -0.39 is 0 Å². The van der Waals surface area contributed by atoms with E-state index in [2.05, 4.69) is 62.7 Å². The van der Waals surface area contributed by atoms with Crippen molar-refractivity contribution in [3.63, 3.8) is 0 Å². The zero-order chi connectivity index (χ0) is 14.7. The first-order chi connectivity index (χ1) is 8.72. The normalized spacial score (nSPS) is 21.3. The maximum atomic E-state index is 3.74. The van der Waals surface area contributed by atoms with Crippen LogP contribution in [0.2, 0.25) is 0 Å². The van der Waals surface area contributed by atoms with Crippen LogP contribution >= 0.6 is 0 Å². The minimum absolute atomic E-state index is 0.0767. The lowest BCUT2D eigenvalue weighted by Gasteiger charge is -2.36. The van der Waals surface area contributed by atoms with Gasteiger partial charge in [0.05, 0.1) is 11.2 Å². The van der Waals surface area contributed by atoms with Crippen LogP contribution in [-0.2, 0) is 0 Å². The molecule has 0 aromatic carbocycles. The van der Waals surface area contributed by atoms with Crippen LogP contribution in [0, 0.1) is 5.41 Å². The molecule has 3 N–H and O–H groups in total. The summed E-state index contributed by atoms with van der Waals surface area (Å²) in [5.41, 5.74) is 2.55. The SMILES string of the molecule is CN/C(=C(\NC1C=CCC1)C(C)(C)C)C(C)(C)NC. The van der Waals surface area contributed by atoms with Gasteiger partial charge in [0.2, 0.25) is 0 Å². The van der Waals surface area contributed by atoms with Gasteiger partial charge in [0, 0.05) is 24.2 Å². The Morgan fingerprint density at radius 3 is 2.05 bits per heavy atom. The Bertz CT molecular complexity index is 359. The third-order valence-electron chi connectivity index (χ3n) is 3.84. The highest BCUT2D eigenvalue weighted by Gasteiger charge is 2.30. The van der Waals surface area contributed by atoms with Crippen LogP contribution in [0.3, 0.4) is 0 Å². The van der Waals surface area contributed by atoms with Gasteiger partial charge in [-0.15, -0.1) is 0 Å². The van der Waals surface area contributed by atoms with Gasteiger partial charge in [-0.2, -0.15) is 0 Å². The second-order valence-corrected chi connectivity index (χ2v) is 6.88. The second kappa shape index (κ2) is 6.00. The van der Waals surface area contributed by atoms with Crippen molar-refractivity contribution in [2.45, 2.75) is 59.0 Å². The Morgan fingerprint density at radius 1 is 1.05 bits per heavy atom. The molecule has 0 aliphatic heterocycles. The lowest BCUT2D eigenvalue weighted by molar-refractivity contribution is 0.392. The van der Waals surface area contributed by atoms with E-state index in [0.29, 0.717) is 6.04 Å². The lowest BCUT2D eigenvalue weighted by Crippen LogP contribution is -2.47. The van der Waals surface area contributed by atoms with Crippen LogP contribution < -0.4 is 16.0 Å². The Kier molecular flexibility index (Phi) is 5.08. The van der Waals surface area contributed by atoms with Crippen molar-refractivity contribution in [1.29, 1.82) is 0 Å². The molecular formula is C16H31N3. The van der Waals surface area contributed by atoms with Crippen molar-refractivity contribution in [3.8, 4) is 0 Å². The molecule has 0 heterocycles. The van der Waals surface area contributed by atoms with Gasteiger partial charge in [-0.25, -0.2) is 0 Å². The quantitative estimate of drug-likeness (QED) is 0.669. The van der Waals surface area contributed by atoms with E-state index in [1.807, 2.05) is 14.1 Å². The second-order valence-electron chi connectivity index (χ2n) is 6.88. The predicted molar refractivity (Wildman–Crippen MR) is 84.0 cm³/mol. The number of allylic oxidation sites excluding steroid dienone is 2. The first kappa shape index (κ1) is 16.1. The molecule has 3 nitrogen and oxygen atoms in total. The molecule has 0 amide bonds. The summed E-state index contributed by atoms with van der Waals surface area (Å²) in [5.74, 6) is 0. The van der Waals surface area contributed by atoms with Crippen molar-refractivity contribution in [3.05, 3.63) is 23.5 Å². The minimum Gasteiger partial charge on any atom is -0.389 e. The molecule has 1 unspecified atom stereocenters. The summed E-state index contributed by atoms with van der Waals surface area (Å²) in [6, 6.07) is 0.463. The topological polar surface area (TPSA) is 36.1 Å². The molecule has 0 spiro atoms. The van der Waals surface area contributed by atoms with Gasteiger partial charge in [0.1, 0.15) is 0 Å². The summed E-state index contributed by atoms with van der Waals surface area (Å²) < 4.78 is 0. The molecule has 0 radical (unpaired) electrons. The summed E-state index contributed by atoms with van der Waals surface area (Å²) in [5, 5.41) is 10.5. The minimum atomic E-state index is -0.0767. The third kappa shape index (κ3) is 4.00. The summed E-state index contributed by atoms with van der Waals surface area (Å²) in [6.07, 6.45) is 6.92. The van der Waals surface area contributed by atoms with Crippen LogP contribution in [-0.4, -0.2) is 25.7 Å². The Labute approximate surface area is 118 Å². The molecule has 0 bridgehead atoms. The highest BCUT2D eigenvalue weighted by Crippen LogP contribution is 2.30. The molecule has 0 aromatic rings. The van der Waals surface area contributed by atoms with Crippen LogP contribution in [0.15, 0.2) is 23.5 Å². The van der Waals surface area contributed by atoms with Crippen molar-refractivity contribution in [2.24, 2.45) is 5.41 Å². The number of rotatable bonds is 5. The predicted octanol–water partition coefficient (Wildman–Crippen LogP) is 2.77. The Morgan fingerprint density at radius 2 is 1.68 bits per heavy atom. The molecule has 1 aliphatic carbocycles. The van der Waals surface area contributed by atoms with E-state index in [1.165, 1.54) is 24.2 Å². The molecule has 0 fully saturated rings. The van der Waals surface area contributed by atoms with E-state index >= 15 is 0 Å². The van der Waals surface area contributed by atoms with Crippen molar-refractivity contribution < 1.29 is 0 Å². The molecule has 0 saturated carbocycles. The molecule has 1 atom stereocenters. The van der Waals surface area contributed by atoms with Crippen molar-refractivity contribution >= 4 is 0 Å². The molecular weight excluding hydrogens is 234 g/mol. The van der Waals surface area contributed by atoms with Gasteiger partial charge in [-0.3, -0.25) is 0 Å². The number of likely N-dealkylation sites (N-methyl/N-ethyl adjacent to an activating group) is 2. The fourth-order valence-corrected chi connectivity index (χ4v) is 2.48. The summed E-state index contributed by atoms with van der Waals surface area (Å²) in [6.45, 7) is 11.2. The molecule has 0 saturated heterocycles. The van der Waals surface area contributed by atoms with E-state index in [1.54, 1.807) is 0 Å². The number of nitrogens with one attached hydrogen (secondary N) is 3. The highest BCUT2D eigenvalue weighted by molar-refractivity contribution is 5.27.